The molecule has 1 aliphatic rings. The number of likely N-dealkylation sites (N-methyl/N-ethyl adjacent to an activating group) is 2. The third-order valence-electron chi connectivity index (χ3n) is 3.69. The van der Waals surface area contributed by atoms with E-state index in [1.165, 1.54) is 0 Å². The second-order valence-corrected chi connectivity index (χ2v) is 5.39. The Morgan fingerprint density at radius 3 is 2.24 bits per heavy atom. The molecular formula is C14H26N4O3. The number of nitrogens with one attached hydrogen (secondary N) is 2. The Balaban J connectivity index is 2.40. The lowest BCUT2D eigenvalue weighted by molar-refractivity contribution is -0.133. The van der Waals surface area contributed by atoms with Crippen molar-refractivity contribution >= 4 is 17.8 Å². The highest BCUT2D eigenvalue weighted by Crippen LogP contribution is 2.18. The molecule has 7 nitrogen and oxygen atoms in total. The summed E-state index contributed by atoms with van der Waals surface area (Å²) in [6, 6.07) is -0.803. The summed E-state index contributed by atoms with van der Waals surface area (Å²) in [5.74, 6) is -0.424. The Morgan fingerprint density at radius 2 is 1.76 bits per heavy atom. The lowest BCUT2D eigenvalue weighted by Crippen LogP contribution is -2.51. The SMILES string of the molecule is CCN(CC)C(=O)CN(C)C(C)C(=O)NC(=O)NC1CC1. The number of imide groups is 1. The largest absolute Gasteiger partial charge is 0.342 e. The smallest absolute Gasteiger partial charge is 0.321 e. The third-order valence-corrected chi connectivity index (χ3v) is 3.69. The molecule has 4 amide bonds. The zero-order valence-electron chi connectivity index (χ0n) is 13.3. The first kappa shape index (κ1) is 17.4. The molecule has 0 heterocycles. The van der Waals surface area contributed by atoms with Crippen LogP contribution in [0.15, 0.2) is 0 Å². The molecule has 1 unspecified atom stereocenters. The molecule has 0 radical (unpaired) electrons. The molecule has 120 valence electrons. The van der Waals surface area contributed by atoms with E-state index in [2.05, 4.69) is 10.6 Å². The fourth-order valence-corrected chi connectivity index (χ4v) is 1.89. The van der Waals surface area contributed by atoms with Gasteiger partial charge in [-0.3, -0.25) is 19.8 Å². The molecule has 0 spiro atoms. The lowest BCUT2D eigenvalue weighted by Gasteiger charge is -2.26. The summed E-state index contributed by atoms with van der Waals surface area (Å²) in [6.45, 7) is 6.95. The van der Waals surface area contributed by atoms with Crippen molar-refractivity contribution in [2.45, 2.75) is 45.7 Å². The third kappa shape index (κ3) is 5.71. The number of rotatable bonds is 7. The first-order chi connectivity index (χ1) is 9.88. The number of urea groups is 1. The predicted molar refractivity (Wildman–Crippen MR) is 79.7 cm³/mol. The average molecular weight is 298 g/mol. The summed E-state index contributed by atoms with van der Waals surface area (Å²) in [5.41, 5.74) is 0. The van der Waals surface area contributed by atoms with Crippen LogP contribution in [-0.2, 0) is 9.59 Å². The van der Waals surface area contributed by atoms with Crippen LogP contribution >= 0.6 is 0 Å². The first-order valence-electron chi connectivity index (χ1n) is 7.48. The minimum atomic E-state index is -0.547. The van der Waals surface area contributed by atoms with Crippen LogP contribution in [0.25, 0.3) is 0 Å². The van der Waals surface area contributed by atoms with E-state index < -0.39 is 18.0 Å². The zero-order valence-corrected chi connectivity index (χ0v) is 13.3. The molecule has 21 heavy (non-hydrogen) atoms. The molecule has 1 rings (SSSR count). The van der Waals surface area contributed by atoms with Gasteiger partial charge in [0.25, 0.3) is 0 Å². The van der Waals surface area contributed by atoms with E-state index in [1.807, 2.05) is 13.8 Å². The Kier molecular flexibility index (Phi) is 6.61. The molecule has 0 aromatic carbocycles. The van der Waals surface area contributed by atoms with E-state index in [-0.39, 0.29) is 18.5 Å². The summed E-state index contributed by atoms with van der Waals surface area (Å²) < 4.78 is 0. The van der Waals surface area contributed by atoms with Gasteiger partial charge in [0.15, 0.2) is 0 Å². The molecule has 0 bridgehead atoms. The number of hydrogen-bond acceptors (Lipinski definition) is 4. The van der Waals surface area contributed by atoms with Crippen LogP contribution in [0.5, 0.6) is 0 Å². The quantitative estimate of drug-likeness (QED) is 0.702. The monoisotopic (exact) mass is 298 g/mol. The van der Waals surface area contributed by atoms with Crippen LogP contribution in [0.1, 0.15) is 33.6 Å². The van der Waals surface area contributed by atoms with E-state index >= 15 is 0 Å². The lowest BCUT2D eigenvalue weighted by atomic mass is 10.2. The topological polar surface area (TPSA) is 81.8 Å². The van der Waals surface area contributed by atoms with E-state index in [1.54, 1.807) is 23.8 Å². The van der Waals surface area contributed by atoms with Crippen LogP contribution in [-0.4, -0.2) is 66.4 Å². The average Bonchev–Trinajstić information content (AvgIpc) is 3.22. The van der Waals surface area contributed by atoms with Crippen molar-refractivity contribution < 1.29 is 14.4 Å². The molecular weight excluding hydrogens is 272 g/mol. The van der Waals surface area contributed by atoms with Crippen molar-refractivity contribution in [1.29, 1.82) is 0 Å². The Morgan fingerprint density at radius 1 is 1.19 bits per heavy atom. The van der Waals surface area contributed by atoms with Crippen molar-refractivity contribution in [1.82, 2.24) is 20.4 Å². The predicted octanol–water partition coefficient (Wildman–Crippen LogP) is 0.163. The molecule has 1 saturated carbocycles. The zero-order chi connectivity index (χ0) is 16.0. The maximum atomic E-state index is 12.0. The van der Waals surface area contributed by atoms with Gasteiger partial charge in [0, 0.05) is 19.1 Å². The van der Waals surface area contributed by atoms with Gasteiger partial charge in [0.1, 0.15) is 0 Å². The van der Waals surface area contributed by atoms with Crippen LogP contribution < -0.4 is 10.6 Å². The van der Waals surface area contributed by atoms with Gasteiger partial charge < -0.3 is 10.2 Å². The second kappa shape index (κ2) is 7.97. The highest BCUT2D eigenvalue weighted by molar-refractivity contribution is 5.97. The Bertz CT molecular complexity index is 392. The van der Waals surface area contributed by atoms with Crippen molar-refractivity contribution in [3.8, 4) is 0 Å². The highest BCUT2D eigenvalue weighted by Gasteiger charge is 2.26. The number of amides is 4. The van der Waals surface area contributed by atoms with E-state index in [0.717, 1.165) is 12.8 Å². The van der Waals surface area contributed by atoms with Gasteiger partial charge in [-0.15, -0.1) is 0 Å². The molecule has 7 heteroatoms. The molecule has 0 aromatic rings. The second-order valence-electron chi connectivity index (χ2n) is 5.39. The summed E-state index contributed by atoms with van der Waals surface area (Å²) in [4.78, 5) is 38.8. The van der Waals surface area contributed by atoms with Crippen LogP contribution in [0, 0.1) is 0 Å². The molecule has 0 saturated heterocycles. The molecule has 2 N–H and O–H groups in total. The van der Waals surface area contributed by atoms with Gasteiger partial charge in [0.2, 0.25) is 11.8 Å². The van der Waals surface area contributed by atoms with E-state index in [0.29, 0.717) is 13.1 Å². The number of hydrogen-bond donors (Lipinski definition) is 2. The van der Waals surface area contributed by atoms with Gasteiger partial charge in [-0.25, -0.2) is 4.79 Å². The van der Waals surface area contributed by atoms with E-state index in [9.17, 15) is 14.4 Å². The standard InChI is InChI=1S/C14H26N4O3/c1-5-18(6-2)12(19)9-17(4)10(3)13(20)16-14(21)15-11-7-8-11/h10-11H,5-9H2,1-4H3,(H2,15,16,20,21). The number of carbonyl (C=O) groups excluding carboxylic acids is 3. The first-order valence-corrected chi connectivity index (χ1v) is 7.48. The maximum Gasteiger partial charge on any atom is 0.321 e. The maximum absolute atomic E-state index is 12.0. The minimum Gasteiger partial charge on any atom is -0.342 e. The Hall–Kier alpha value is -1.63. The molecule has 1 fully saturated rings. The summed E-state index contributed by atoms with van der Waals surface area (Å²) in [5, 5.41) is 5.00. The highest BCUT2D eigenvalue weighted by atomic mass is 16.2. The van der Waals surface area contributed by atoms with Gasteiger partial charge in [0.05, 0.1) is 12.6 Å². The van der Waals surface area contributed by atoms with Gasteiger partial charge in [-0.2, -0.15) is 0 Å². The normalized spacial score (nSPS) is 15.5. The number of carbonyl (C=O) groups is 3. The minimum absolute atomic E-state index is 0.0235. The molecule has 1 atom stereocenters. The molecule has 0 aliphatic heterocycles. The van der Waals surface area contributed by atoms with Crippen molar-refractivity contribution in [2.75, 3.05) is 26.7 Å². The molecule has 0 aromatic heterocycles. The van der Waals surface area contributed by atoms with Crippen LogP contribution in [0.2, 0.25) is 0 Å². The van der Waals surface area contributed by atoms with Crippen molar-refractivity contribution in [2.24, 2.45) is 0 Å². The summed E-state index contributed by atoms with van der Waals surface area (Å²) >= 11 is 0. The number of nitrogens with zero attached hydrogens (tertiary/aromatic N) is 2. The Labute approximate surface area is 126 Å². The van der Waals surface area contributed by atoms with E-state index in [4.69, 9.17) is 0 Å². The van der Waals surface area contributed by atoms with Gasteiger partial charge >= 0.3 is 6.03 Å². The fourth-order valence-electron chi connectivity index (χ4n) is 1.89. The van der Waals surface area contributed by atoms with Crippen molar-refractivity contribution in [3.05, 3.63) is 0 Å². The van der Waals surface area contributed by atoms with Gasteiger partial charge in [-0.1, -0.05) is 0 Å². The van der Waals surface area contributed by atoms with Gasteiger partial charge in [-0.05, 0) is 40.7 Å². The summed E-state index contributed by atoms with van der Waals surface area (Å²) in [6.07, 6.45) is 1.94. The van der Waals surface area contributed by atoms with Crippen molar-refractivity contribution in [3.63, 3.8) is 0 Å². The van der Waals surface area contributed by atoms with Crippen LogP contribution in [0.3, 0.4) is 0 Å². The summed E-state index contributed by atoms with van der Waals surface area (Å²) in [7, 11) is 1.70. The fraction of sp³-hybridized carbons (Fsp3) is 0.786. The molecule has 1 aliphatic carbocycles. The van der Waals surface area contributed by atoms with Crippen LogP contribution in [0.4, 0.5) is 4.79 Å².